The average molecular weight is 290 g/mol. The summed E-state index contributed by atoms with van der Waals surface area (Å²) in [4.78, 5) is 21.1. The lowest BCUT2D eigenvalue weighted by atomic mass is 10.3. The summed E-state index contributed by atoms with van der Waals surface area (Å²) in [6.45, 7) is 4.22. The van der Waals surface area contributed by atoms with Gasteiger partial charge in [0.15, 0.2) is 0 Å². The van der Waals surface area contributed by atoms with E-state index in [0.717, 1.165) is 26.2 Å². The molecule has 1 aliphatic heterocycles. The lowest BCUT2D eigenvalue weighted by Crippen LogP contribution is -2.47. The highest BCUT2D eigenvalue weighted by molar-refractivity contribution is 5.38. The standard InChI is InChI=1S/C12H18N8O/c13-10-15-11(17-12(16-10)20-2-1-14-9-20)19-5-3-18(4-6-19)7-8-21/h1-2,9,21H,3-8H2,(H2,13,15,16,17). The monoisotopic (exact) mass is 290 g/mol. The van der Waals surface area contributed by atoms with Crippen LogP contribution in [0.1, 0.15) is 0 Å². The third-order valence-electron chi connectivity index (χ3n) is 3.44. The van der Waals surface area contributed by atoms with E-state index in [9.17, 15) is 0 Å². The summed E-state index contributed by atoms with van der Waals surface area (Å²) < 4.78 is 1.70. The highest BCUT2D eigenvalue weighted by Crippen LogP contribution is 2.14. The van der Waals surface area contributed by atoms with Gasteiger partial charge in [-0.1, -0.05) is 0 Å². The Bertz CT molecular complexity index is 579. The van der Waals surface area contributed by atoms with Crippen LogP contribution in [0.4, 0.5) is 11.9 Å². The molecule has 2 aromatic heterocycles. The molecule has 9 nitrogen and oxygen atoms in total. The summed E-state index contributed by atoms with van der Waals surface area (Å²) in [6, 6.07) is 0. The first-order valence-corrected chi connectivity index (χ1v) is 6.84. The number of anilines is 2. The molecule has 0 aliphatic carbocycles. The molecule has 0 amide bonds. The van der Waals surface area contributed by atoms with Gasteiger partial charge in [-0.25, -0.2) is 4.98 Å². The molecule has 21 heavy (non-hydrogen) atoms. The van der Waals surface area contributed by atoms with Crippen molar-refractivity contribution in [1.82, 2.24) is 29.4 Å². The van der Waals surface area contributed by atoms with Crippen LogP contribution in [0.2, 0.25) is 0 Å². The second-order valence-electron chi connectivity index (χ2n) is 4.82. The molecule has 3 N–H and O–H groups in total. The molecule has 9 heteroatoms. The van der Waals surface area contributed by atoms with Crippen molar-refractivity contribution in [2.75, 3.05) is 50.0 Å². The molecule has 0 unspecified atom stereocenters. The number of piperazine rings is 1. The third kappa shape index (κ3) is 3.09. The van der Waals surface area contributed by atoms with Gasteiger partial charge in [-0.3, -0.25) is 9.47 Å². The molecule has 0 spiro atoms. The Balaban J connectivity index is 1.77. The van der Waals surface area contributed by atoms with Crippen molar-refractivity contribution in [1.29, 1.82) is 0 Å². The molecule has 2 aromatic rings. The van der Waals surface area contributed by atoms with E-state index >= 15 is 0 Å². The number of aliphatic hydroxyl groups is 1. The molecule has 1 saturated heterocycles. The highest BCUT2D eigenvalue weighted by Gasteiger charge is 2.20. The summed E-state index contributed by atoms with van der Waals surface area (Å²) in [6.07, 6.45) is 5.04. The van der Waals surface area contributed by atoms with Crippen LogP contribution in [0.3, 0.4) is 0 Å². The van der Waals surface area contributed by atoms with E-state index < -0.39 is 0 Å². The molecule has 3 heterocycles. The van der Waals surface area contributed by atoms with Crippen LogP contribution >= 0.6 is 0 Å². The Morgan fingerprint density at radius 2 is 1.86 bits per heavy atom. The smallest absolute Gasteiger partial charge is 0.241 e. The average Bonchev–Trinajstić information content (AvgIpc) is 3.02. The van der Waals surface area contributed by atoms with Gasteiger partial charge in [0.05, 0.1) is 6.61 Å². The Labute approximate surface area is 122 Å². The summed E-state index contributed by atoms with van der Waals surface area (Å²) in [5.41, 5.74) is 5.78. The molecule has 0 saturated carbocycles. The van der Waals surface area contributed by atoms with Crippen LogP contribution in [0.5, 0.6) is 0 Å². The van der Waals surface area contributed by atoms with Crippen LogP contribution in [-0.2, 0) is 0 Å². The topological polar surface area (TPSA) is 109 Å². The van der Waals surface area contributed by atoms with Gasteiger partial charge in [-0.15, -0.1) is 0 Å². The number of nitrogen functional groups attached to an aromatic ring is 1. The molecular formula is C12H18N8O. The first kappa shape index (κ1) is 13.7. The molecule has 0 radical (unpaired) electrons. The Hall–Kier alpha value is -2.26. The number of nitrogens with zero attached hydrogens (tertiary/aromatic N) is 7. The largest absolute Gasteiger partial charge is 0.395 e. The molecule has 0 bridgehead atoms. The van der Waals surface area contributed by atoms with Crippen molar-refractivity contribution >= 4 is 11.9 Å². The Morgan fingerprint density at radius 3 is 2.52 bits per heavy atom. The molecule has 1 aliphatic rings. The van der Waals surface area contributed by atoms with Gasteiger partial charge >= 0.3 is 0 Å². The van der Waals surface area contributed by atoms with Crippen molar-refractivity contribution < 1.29 is 5.11 Å². The minimum Gasteiger partial charge on any atom is -0.395 e. The van der Waals surface area contributed by atoms with Crippen molar-refractivity contribution in [3.63, 3.8) is 0 Å². The minimum atomic E-state index is 0.184. The number of nitrogens with two attached hydrogens (primary N) is 1. The van der Waals surface area contributed by atoms with Crippen molar-refractivity contribution in [2.45, 2.75) is 0 Å². The van der Waals surface area contributed by atoms with E-state index in [1.807, 2.05) is 0 Å². The number of hydrogen-bond acceptors (Lipinski definition) is 8. The fourth-order valence-electron chi connectivity index (χ4n) is 2.32. The maximum Gasteiger partial charge on any atom is 0.241 e. The van der Waals surface area contributed by atoms with Gasteiger partial charge in [0, 0.05) is 45.1 Å². The van der Waals surface area contributed by atoms with Crippen LogP contribution in [0.25, 0.3) is 5.95 Å². The first-order valence-electron chi connectivity index (χ1n) is 6.84. The number of aromatic nitrogens is 5. The number of aliphatic hydroxyl groups excluding tert-OH is 1. The van der Waals surface area contributed by atoms with Crippen molar-refractivity contribution in [3.05, 3.63) is 18.7 Å². The number of rotatable bonds is 4. The summed E-state index contributed by atoms with van der Waals surface area (Å²) in [5, 5.41) is 8.97. The van der Waals surface area contributed by atoms with E-state index in [1.54, 1.807) is 23.3 Å². The zero-order valence-electron chi connectivity index (χ0n) is 11.6. The normalized spacial score (nSPS) is 16.3. The molecule has 0 aromatic carbocycles. The molecule has 3 rings (SSSR count). The van der Waals surface area contributed by atoms with Gasteiger partial charge < -0.3 is 15.7 Å². The van der Waals surface area contributed by atoms with E-state index in [1.165, 1.54) is 0 Å². The highest BCUT2D eigenvalue weighted by atomic mass is 16.3. The molecule has 1 fully saturated rings. The lowest BCUT2D eigenvalue weighted by molar-refractivity contribution is 0.188. The summed E-state index contributed by atoms with van der Waals surface area (Å²) in [5.74, 6) is 1.24. The SMILES string of the molecule is Nc1nc(N2CCN(CCO)CC2)nc(-n2ccnc2)n1. The fraction of sp³-hybridized carbons (Fsp3) is 0.500. The Morgan fingerprint density at radius 1 is 1.10 bits per heavy atom. The van der Waals surface area contributed by atoms with Gasteiger partial charge in [-0.2, -0.15) is 15.0 Å². The third-order valence-corrected chi connectivity index (χ3v) is 3.44. The van der Waals surface area contributed by atoms with Crippen LogP contribution in [-0.4, -0.2) is 73.8 Å². The van der Waals surface area contributed by atoms with Crippen LogP contribution < -0.4 is 10.6 Å². The molecule has 112 valence electrons. The second-order valence-corrected chi connectivity index (χ2v) is 4.82. The first-order chi connectivity index (χ1) is 10.3. The number of β-amino-alcohol motifs (C(OH)–C–C–N with tert-alkyl or cyclic N) is 1. The second kappa shape index (κ2) is 6.02. The van der Waals surface area contributed by atoms with Gasteiger partial charge in [-0.05, 0) is 0 Å². The maximum atomic E-state index is 8.97. The van der Waals surface area contributed by atoms with Crippen LogP contribution in [0, 0.1) is 0 Å². The van der Waals surface area contributed by atoms with Gasteiger partial charge in [0.1, 0.15) is 6.33 Å². The number of imidazole rings is 1. The van der Waals surface area contributed by atoms with E-state index in [2.05, 4.69) is 29.7 Å². The van der Waals surface area contributed by atoms with Crippen molar-refractivity contribution in [3.8, 4) is 5.95 Å². The lowest BCUT2D eigenvalue weighted by Gasteiger charge is -2.34. The zero-order valence-corrected chi connectivity index (χ0v) is 11.6. The van der Waals surface area contributed by atoms with Gasteiger partial charge in [0.2, 0.25) is 17.8 Å². The summed E-state index contributed by atoms with van der Waals surface area (Å²) >= 11 is 0. The Kier molecular flexibility index (Phi) is 3.93. The maximum absolute atomic E-state index is 8.97. The van der Waals surface area contributed by atoms with Gasteiger partial charge in [0.25, 0.3) is 0 Å². The fourth-order valence-corrected chi connectivity index (χ4v) is 2.32. The predicted octanol–water partition coefficient (Wildman–Crippen LogP) is -1.25. The molecular weight excluding hydrogens is 272 g/mol. The quantitative estimate of drug-likeness (QED) is 0.719. The predicted molar refractivity (Wildman–Crippen MR) is 77.1 cm³/mol. The molecule has 0 atom stereocenters. The summed E-state index contributed by atoms with van der Waals surface area (Å²) in [7, 11) is 0. The van der Waals surface area contributed by atoms with E-state index in [4.69, 9.17) is 10.8 Å². The number of hydrogen-bond donors (Lipinski definition) is 2. The van der Waals surface area contributed by atoms with E-state index in [0.29, 0.717) is 18.4 Å². The van der Waals surface area contributed by atoms with E-state index in [-0.39, 0.29) is 12.6 Å². The zero-order chi connectivity index (χ0) is 14.7. The minimum absolute atomic E-state index is 0.184. The van der Waals surface area contributed by atoms with Crippen LogP contribution in [0.15, 0.2) is 18.7 Å². The van der Waals surface area contributed by atoms with Crippen molar-refractivity contribution in [2.24, 2.45) is 0 Å².